The topological polar surface area (TPSA) is 106 Å². The molecule has 0 spiro atoms. The Morgan fingerprint density at radius 1 is 1.57 bits per heavy atom. The Morgan fingerprint density at radius 2 is 2.14 bits per heavy atom. The number of carbonyl (C=O) groups excluding carboxylic acids is 1. The second-order valence-corrected chi connectivity index (χ2v) is 2.71. The molecule has 0 bridgehead atoms. The summed E-state index contributed by atoms with van der Waals surface area (Å²) in [6.07, 6.45) is 0. The highest BCUT2D eigenvalue weighted by Crippen LogP contribution is 2.33. The maximum Gasteiger partial charge on any atom is 0.311 e. The number of phenolic OH excluding ortho intramolecular Hbond substituents is 1. The standard InChI is InChI=1S/C8H8N2O4/c1-4(11)7-5(9)2-3-6(8(7)12)10(13)14/h2-3,12H,9H2,1H3. The minimum absolute atomic E-state index is 0.0283. The van der Waals surface area contributed by atoms with Gasteiger partial charge in [0.1, 0.15) is 0 Å². The Balaban J connectivity index is 3.49. The summed E-state index contributed by atoms with van der Waals surface area (Å²) in [5, 5.41) is 19.8. The number of hydrogen-bond donors (Lipinski definition) is 2. The molecular formula is C8H8N2O4. The van der Waals surface area contributed by atoms with Crippen molar-refractivity contribution in [2.24, 2.45) is 0 Å². The number of nitro groups is 1. The van der Waals surface area contributed by atoms with E-state index in [1.54, 1.807) is 0 Å². The fraction of sp³-hybridized carbons (Fsp3) is 0.125. The number of nitrogens with zero attached hydrogens (tertiary/aromatic N) is 1. The molecule has 0 saturated heterocycles. The molecule has 0 aliphatic carbocycles. The Kier molecular flexibility index (Phi) is 2.37. The van der Waals surface area contributed by atoms with Gasteiger partial charge in [0, 0.05) is 11.8 Å². The van der Waals surface area contributed by atoms with Crippen molar-refractivity contribution in [3.63, 3.8) is 0 Å². The molecule has 1 rings (SSSR count). The second-order valence-electron chi connectivity index (χ2n) is 2.71. The summed E-state index contributed by atoms with van der Waals surface area (Å²) in [5.74, 6) is -1.19. The third kappa shape index (κ3) is 1.49. The van der Waals surface area contributed by atoms with Gasteiger partial charge in [-0.1, -0.05) is 0 Å². The highest BCUT2D eigenvalue weighted by Gasteiger charge is 2.21. The molecule has 0 amide bonds. The molecule has 0 radical (unpaired) electrons. The number of carbonyl (C=O) groups is 1. The fourth-order valence-corrected chi connectivity index (χ4v) is 1.11. The molecule has 14 heavy (non-hydrogen) atoms. The van der Waals surface area contributed by atoms with Crippen LogP contribution in [0.4, 0.5) is 11.4 Å². The van der Waals surface area contributed by atoms with Crippen molar-refractivity contribution in [1.29, 1.82) is 0 Å². The number of nitro benzene ring substituents is 1. The molecule has 0 aliphatic rings. The Labute approximate surface area is 79.1 Å². The van der Waals surface area contributed by atoms with Crippen LogP contribution in [-0.2, 0) is 0 Å². The smallest absolute Gasteiger partial charge is 0.311 e. The maximum absolute atomic E-state index is 11.0. The van der Waals surface area contributed by atoms with Gasteiger partial charge in [-0.2, -0.15) is 0 Å². The first-order valence-electron chi connectivity index (χ1n) is 3.72. The number of aromatic hydroxyl groups is 1. The molecule has 74 valence electrons. The number of hydrogen-bond acceptors (Lipinski definition) is 5. The highest BCUT2D eigenvalue weighted by molar-refractivity contribution is 6.02. The van der Waals surface area contributed by atoms with Crippen molar-refractivity contribution < 1.29 is 14.8 Å². The molecule has 1 aromatic carbocycles. The number of rotatable bonds is 2. The first-order chi connectivity index (χ1) is 6.45. The number of Topliss-reactive ketones (excluding diaryl/α,β-unsaturated/α-hetero) is 1. The summed E-state index contributed by atoms with van der Waals surface area (Å²) >= 11 is 0. The van der Waals surface area contributed by atoms with E-state index in [1.165, 1.54) is 13.0 Å². The summed E-state index contributed by atoms with van der Waals surface area (Å²) in [4.78, 5) is 20.6. The predicted octanol–water partition coefficient (Wildman–Crippen LogP) is 1.09. The molecule has 1 aromatic rings. The van der Waals surface area contributed by atoms with Crippen molar-refractivity contribution in [2.75, 3.05) is 5.73 Å². The Hall–Kier alpha value is -2.11. The third-order valence-corrected chi connectivity index (χ3v) is 1.74. The van der Waals surface area contributed by atoms with Crippen molar-refractivity contribution >= 4 is 17.2 Å². The Morgan fingerprint density at radius 3 is 2.57 bits per heavy atom. The van der Waals surface area contributed by atoms with Crippen LogP contribution in [0.1, 0.15) is 17.3 Å². The lowest BCUT2D eigenvalue weighted by Gasteiger charge is -2.04. The van der Waals surface area contributed by atoms with E-state index in [2.05, 4.69) is 0 Å². The lowest BCUT2D eigenvalue weighted by atomic mass is 10.1. The largest absolute Gasteiger partial charge is 0.502 e. The lowest BCUT2D eigenvalue weighted by Crippen LogP contribution is -2.02. The molecule has 6 heteroatoms. The van der Waals surface area contributed by atoms with Gasteiger partial charge in [-0.3, -0.25) is 14.9 Å². The number of nitrogen functional groups attached to an aromatic ring is 1. The van der Waals surface area contributed by atoms with E-state index in [1.807, 2.05) is 0 Å². The van der Waals surface area contributed by atoms with E-state index in [0.717, 1.165) is 6.07 Å². The quantitative estimate of drug-likeness (QED) is 0.318. The molecule has 0 heterocycles. The molecule has 0 atom stereocenters. The number of benzene rings is 1. The average Bonchev–Trinajstić information content (AvgIpc) is 2.02. The molecule has 3 N–H and O–H groups in total. The van der Waals surface area contributed by atoms with Crippen LogP contribution in [0.25, 0.3) is 0 Å². The van der Waals surface area contributed by atoms with Crippen molar-refractivity contribution in [2.45, 2.75) is 6.92 Å². The fourth-order valence-electron chi connectivity index (χ4n) is 1.11. The highest BCUT2D eigenvalue weighted by atomic mass is 16.6. The number of nitrogens with two attached hydrogens (primary N) is 1. The van der Waals surface area contributed by atoms with Gasteiger partial charge in [0.15, 0.2) is 5.78 Å². The first kappa shape index (κ1) is 9.97. The minimum atomic E-state index is -0.777. The third-order valence-electron chi connectivity index (χ3n) is 1.74. The summed E-state index contributed by atoms with van der Waals surface area (Å²) in [6, 6.07) is 2.27. The summed E-state index contributed by atoms with van der Waals surface area (Å²) in [7, 11) is 0. The van der Waals surface area contributed by atoms with Crippen LogP contribution in [0.2, 0.25) is 0 Å². The van der Waals surface area contributed by atoms with Gasteiger partial charge in [-0.25, -0.2) is 0 Å². The first-order valence-corrected chi connectivity index (χ1v) is 3.72. The summed E-state index contributed by atoms with van der Waals surface area (Å²) < 4.78 is 0. The lowest BCUT2D eigenvalue weighted by molar-refractivity contribution is -0.385. The van der Waals surface area contributed by atoms with Crippen LogP contribution in [0.3, 0.4) is 0 Å². The second kappa shape index (κ2) is 3.33. The van der Waals surface area contributed by atoms with Gasteiger partial charge in [0.25, 0.3) is 0 Å². The summed E-state index contributed by atoms with van der Waals surface area (Å²) in [6.45, 7) is 1.18. The molecule has 0 saturated carbocycles. The van der Waals surface area contributed by atoms with Gasteiger partial charge < -0.3 is 10.8 Å². The van der Waals surface area contributed by atoms with E-state index in [-0.39, 0.29) is 11.3 Å². The number of phenols is 1. The normalized spacial score (nSPS) is 9.79. The van der Waals surface area contributed by atoms with Gasteiger partial charge in [0.2, 0.25) is 5.75 Å². The van der Waals surface area contributed by atoms with Gasteiger partial charge in [-0.15, -0.1) is 0 Å². The van der Waals surface area contributed by atoms with E-state index in [4.69, 9.17) is 5.73 Å². The zero-order chi connectivity index (χ0) is 10.9. The molecule has 0 unspecified atom stereocenters. The van der Waals surface area contributed by atoms with Crippen LogP contribution < -0.4 is 5.73 Å². The zero-order valence-electron chi connectivity index (χ0n) is 7.35. The van der Waals surface area contributed by atoms with Crippen LogP contribution in [0.15, 0.2) is 12.1 Å². The minimum Gasteiger partial charge on any atom is -0.502 e. The van der Waals surface area contributed by atoms with Crippen LogP contribution in [0.5, 0.6) is 5.75 Å². The monoisotopic (exact) mass is 196 g/mol. The van der Waals surface area contributed by atoms with Crippen LogP contribution in [0, 0.1) is 10.1 Å². The zero-order valence-corrected chi connectivity index (χ0v) is 7.35. The maximum atomic E-state index is 11.0. The van der Waals surface area contributed by atoms with E-state index in [9.17, 15) is 20.0 Å². The van der Waals surface area contributed by atoms with E-state index in [0.29, 0.717) is 0 Å². The SMILES string of the molecule is CC(=O)c1c(N)ccc([N+](=O)[O-])c1O. The van der Waals surface area contributed by atoms with Crippen molar-refractivity contribution in [1.82, 2.24) is 0 Å². The average molecular weight is 196 g/mol. The predicted molar refractivity (Wildman–Crippen MR) is 49.2 cm³/mol. The van der Waals surface area contributed by atoms with Crippen LogP contribution in [-0.4, -0.2) is 15.8 Å². The van der Waals surface area contributed by atoms with Gasteiger partial charge in [0.05, 0.1) is 10.5 Å². The van der Waals surface area contributed by atoms with Crippen LogP contribution >= 0.6 is 0 Å². The molecule has 0 aliphatic heterocycles. The summed E-state index contributed by atoms with van der Waals surface area (Å²) in [5.41, 5.74) is 4.68. The number of ketones is 1. The molecular weight excluding hydrogens is 188 g/mol. The van der Waals surface area contributed by atoms with Gasteiger partial charge in [-0.05, 0) is 13.0 Å². The van der Waals surface area contributed by atoms with Gasteiger partial charge >= 0.3 is 5.69 Å². The van der Waals surface area contributed by atoms with Crippen molar-refractivity contribution in [3.05, 3.63) is 27.8 Å². The number of anilines is 1. The molecule has 0 aromatic heterocycles. The molecule has 6 nitrogen and oxygen atoms in total. The van der Waals surface area contributed by atoms with Crippen molar-refractivity contribution in [3.8, 4) is 5.75 Å². The Bertz CT molecular complexity index is 414. The van der Waals surface area contributed by atoms with E-state index >= 15 is 0 Å². The molecule has 0 fully saturated rings. The van der Waals surface area contributed by atoms with E-state index < -0.39 is 22.1 Å².